The minimum atomic E-state index is -4.87. The van der Waals surface area contributed by atoms with Gasteiger partial charge in [-0.05, 0) is 49.6 Å². The summed E-state index contributed by atoms with van der Waals surface area (Å²) in [6, 6.07) is 0.783. The molecule has 0 spiro atoms. The number of carbonyl (C=O) groups is 1. The highest BCUT2D eigenvalue weighted by Crippen LogP contribution is 2.31. The molecule has 1 saturated heterocycles. The molecule has 0 aromatic carbocycles. The molecule has 1 amide bonds. The molecule has 2 aliphatic rings. The Balaban J connectivity index is 1.74. The van der Waals surface area contributed by atoms with Crippen LogP contribution in [0, 0.1) is 11.7 Å². The zero-order valence-corrected chi connectivity index (χ0v) is 16.7. The molecule has 2 atom stereocenters. The molecule has 3 heterocycles. The minimum Gasteiger partial charge on any atom is -0.404 e. The smallest absolute Gasteiger partial charge is 0.404 e. The monoisotopic (exact) mass is 441 g/mol. The average Bonchev–Trinajstić information content (AvgIpc) is 3.18. The van der Waals surface area contributed by atoms with Crippen molar-refractivity contribution in [2.75, 3.05) is 6.54 Å². The van der Waals surface area contributed by atoms with Crippen molar-refractivity contribution in [3.63, 3.8) is 0 Å². The van der Waals surface area contributed by atoms with Gasteiger partial charge in [-0.1, -0.05) is 0 Å². The van der Waals surface area contributed by atoms with Crippen molar-refractivity contribution in [1.29, 1.82) is 0 Å². The van der Waals surface area contributed by atoms with Crippen molar-refractivity contribution < 1.29 is 22.4 Å². The van der Waals surface area contributed by atoms with E-state index in [1.165, 1.54) is 17.3 Å². The maximum Gasteiger partial charge on any atom is 0.436 e. The van der Waals surface area contributed by atoms with E-state index in [0.29, 0.717) is 36.5 Å². The summed E-state index contributed by atoms with van der Waals surface area (Å²) in [6.07, 6.45) is -0.438. The van der Waals surface area contributed by atoms with E-state index in [4.69, 9.17) is 11.5 Å². The number of aromatic nitrogens is 1. The molecule has 0 aliphatic carbocycles. The van der Waals surface area contributed by atoms with Crippen LogP contribution in [0.4, 0.5) is 17.6 Å². The van der Waals surface area contributed by atoms with Gasteiger partial charge >= 0.3 is 6.18 Å². The van der Waals surface area contributed by atoms with Gasteiger partial charge in [-0.15, -0.1) is 0 Å². The second-order valence-electron chi connectivity index (χ2n) is 7.30. The lowest BCUT2D eigenvalue weighted by Crippen LogP contribution is -2.51. The first-order valence-corrected chi connectivity index (χ1v) is 9.58. The molecule has 12 heteroatoms. The Kier molecular flexibility index (Phi) is 6.48. The fraction of sp³-hybridized carbons (Fsp3) is 0.421. The predicted octanol–water partition coefficient (Wildman–Crippen LogP) is 1.52. The highest BCUT2D eigenvalue weighted by atomic mass is 19.4. The van der Waals surface area contributed by atoms with Gasteiger partial charge in [-0.2, -0.15) is 13.2 Å². The molecule has 8 nitrogen and oxygen atoms in total. The number of carbonyl (C=O) groups excluding carboxylic acids is 1. The first-order chi connectivity index (χ1) is 14.7. The number of guanidine groups is 1. The molecule has 31 heavy (non-hydrogen) atoms. The number of piperidine rings is 1. The van der Waals surface area contributed by atoms with Crippen LogP contribution in [0.3, 0.4) is 0 Å². The van der Waals surface area contributed by atoms with Gasteiger partial charge in [0.1, 0.15) is 6.17 Å². The SMILES string of the molecule is CC(=C/N)/C(=C\N)C1N=C(N2CCCC(Cc3cnc(C(F)(F)F)c(F)c3)C2=O)NN1. The number of alkyl halides is 3. The molecule has 0 saturated carbocycles. The third kappa shape index (κ3) is 4.79. The highest BCUT2D eigenvalue weighted by Gasteiger charge is 2.37. The van der Waals surface area contributed by atoms with Crippen molar-refractivity contribution in [2.45, 2.75) is 38.5 Å². The van der Waals surface area contributed by atoms with Gasteiger partial charge in [-0.3, -0.25) is 15.1 Å². The van der Waals surface area contributed by atoms with Crippen LogP contribution in [0.1, 0.15) is 31.0 Å². The number of likely N-dealkylation sites (tertiary alicyclic amines) is 1. The topological polar surface area (TPSA) is 122 Å². The number of halogens is 4. The summed E-state index contributed by atoms with van der Waals surface area (Å²) in [5, 5.41) is 0. The Hall–Kier alpha value is -3.15. The van der Waals surface area contributed by atoms with Gasteiger partial charge in [0, 0.05) is 30.4 Å². The summed E-state index contributed by atoms with van der Waals surface area (Å²) in [7, 11) is 0. The minimum absolute atomic E-state index is 0.0739. The second-order valence-corrected chi connectivity index (χ2v) is 7.30. The predicted molar refractivity (Wildman–Crippen MR) is 105 cm³/mol. The van der Waals surface area contributed by atoms with Crippen molar-refractivity contribution in [1.82, 2.24) is 20.7 Å². The molecule has 168 valence electrons. The van der Waals surface area contributed by atoms with E-state index in [1.807, 2.05) is 0 Å². The summed E-state index contributed by atoms with van der Waals surface area (Å²) in [6.45, 7) is 2.19. The van der Waals surface area contributed by atoms with Crippen LogP contribution in [-0.2, 0) is 17.4 Å². The Morgan fingerprint density at radius 2 is 2.10 bits per heavy atom. The molecule has 1 aromatic heterocycles. The zero-order valence-electron chi connectivity index (χ0n) is 16.7. The van der Waals surface area contributed by atoms with Crippen molar-refractivity contribution in [3.8, 4) is 0 Å². The summed E-state index contributed by atoms with van der Waals surface area (Å²) in [4.78, 5) is 22.1. The van der Waals surface area contributed by atoms with E-state index in [9.17, 15) is 22.4 Å². The number of hydrazine groups is 1. The first-order valence-electron chi connectivity index (χ1n) is 9.58. The van der Waals surface area contributed by atoms with Crippen LogP contribution in [0.5, 0.6) is 0 Å². The van der Waals surface area contributed by atoms with Gasteiger partial charge in [-0.25, -0.2) is 19.8 Å². The molecule has 2 aliphatic heterocycles. The lowest BCUT2D eigenvalue weighted by Gasteiger charge is -2.31. The van der Waals surface area contributed by atoms with E-state index >= 15 is 0 Å². The maximum atomic E-state index is 13.8. The maximum absolute atomic E-state index is 13.8. The van der Waals surface area contributed by atoms with Gasteiger partial charge < -0.3 is 11.5 Å². The van der Waals surface area contributed by atoms with Crippen LogP contribution >= 0.6 is 0 Å². The summed E-state index contributed by atoms with van der Waals surface area (Å²) < 4.78 is 51.9. The van der Waals surface area contributed by atoms with Crippen LogP contribution in [0.15, 0.2) is 40.8 Å². The summed E-state index contributed by atoms with van der Waals surface area (Å²) in [5.41, 5.74) is 17.0. The molecule has 0 bridgehead atoms. The number of aliphatic imine (C=N–C) groups is 1. The zero-order chi connectivity index (χ0) is 22.8. The van der Waals surface area contributed by atoms with E-state index in [-0.39, 0.29) is 17.9 Å². The number of nitrogens with zero attached hydrogens (tertiary/aromatic N) is 3. The lowest BCUT2D eigenvalue weighted by molar-refractivity contribution is -0.143. The second kappa shape index (κ2) is 8.92. The largest absolute Gasteiger partial charge is 0.436 e. The van der Waals surface area contributed by atoms with Crippen LogP contribution in [0.2, 0.25) is 0 Å². The quantitative estimate of drug-likeness (QED) is 0.415. The van der Waals surface area contributed by atoms with Crippen molar-refractivity contribution >= 4 is 11.9 Å². The fourth-order valence-electron chi connectivity index (χ4n) is 3.57. The van der Waals surface area contributed by atoms with Gasteiger partial charge in [0.2, 0.25) is 11.9 Å². The number of hydrogen-bond donors (Lipinski definition) is 4. The molecular weight excluding hydrogens is 418 g/mol. The average molecular weight is 441 g/mol. The first kappa shape index (κ1) is 22.5. The van der Waals surface area contributed by atoms with E-state index in [2.05, 4.69) is 20.8 Å². The molecule has 1 aromatic rings. The lowest BCUT2D eigenvalue weighted by atomic mass is 9.91. The van der Waals surface area contributed by atoms with Crippen molar-refractivity contribution in [2.24, 2.45) is 22.4 Å². The normalized spacial score (nSPS) is 23.1. The van der Waals surface area contributed by atoms with Gasteiger partial charge in [0.15, 0.2) is 11.5 Å². The Labute approximate surface area is 176 Å². The van der Waals surface area contributed by atoms with Crippen molar-refractivity contribution in [3.05, 3.63) is 52.9 Å². The van der Waals surface area contributed by atoms with E-state index in [1.54, 1.807) is 6.92 Å². The standard InChI is InChI=1S/C19H23F4N7O/c1-10(7-24)13(8-25)16-27-18(29-28-16)30-4-2-3-12(17(30)31)5-11-6-14(20)15(26-9-11)19(21,22)23/h6-9,12,16,28H,2-5,24-25H2,1H3,(H,27,29)/b10-7-,13-8+. The van der Waals surface area contributed by atoms with Gasteiger partial charge in [0.05, 0.1) is 0 Å². The molecule has 3 rings (SSSR count). The Morgan fingerprint density at radius 1 is 1.35 bits per heavy atom. The molecular formula is C19H23F4N7O. The number of pyridine rings is 1. The number of hydrogen-bond acceptors (Lipinski definition) is 7. The summed E-state index contributed by atoms with van der Waals surface area (Å²) >= 11 is 0. The number of nitrogens with one attached hydrogen (secondary N) is 2. The number of nitrogens with two attached hydrogens (primary N) is 2. The van der Waals surface area contributed by atoms with E-state index in [0.717, 1.165) is 12.3 Å². The fourth-order valence-corrected chi connectivity index (χ4v) is 3.57. The van der Waals surface area contributed by atoms with E-state index < -0.39 is 29.8 Å². The van der Waals surface area contributed by atoms with Crippen LogP contribution in [-0.4, -0.2) is 34.5 Å². The third-order valence-electron chi connectivity index (χ3n) is 5.21. The summed E-state index contributed by atoms with van der Waals surface area (Å²) in [5.74, 6) is -1.95. The number of rotatable bonds is 4. The Morgan fingerprint density at radius 3 is 2.71 bits per heavy atom. The molecule has 2 unspecified atom stereocenters. The third-order valence-corrected chi connectivity index (χ3v) is 5.21. The highest BCUT2D eigenvalue weighted by molar-refractivity contribution is 5.99. The molecule has 1 fully saturated rings. The number of amides is 1. The van der Waals surface area contributed by atoms with Gasteiger partial charge in [0.25, 0.3) is 0 Å². The Bertz CT molecular complexity index is 942. The van der Waals surface area contributed by atoms with Crippen LogP contribution in [0.25, 0.3) is 0 Å². The molecule has 6 N–H and O–H groups in total. The van der Waals surface area contributed by atoms with Crippen LogP contribution < -0.4 is 22.3 Å². The molecule has 0 radical (unpaired) electrons.